The van der Waals surface area contributed by atoms with Crippen LogP contribution in [0.15, 0.2) is 30.6 Å². The van der Waals surface area contributed by atoms with E-state index >= 15 is 0 Å². The van der Waals surface area contributed by atoms with E-state index in [2.05, 4.69) is 15.3 Å². The van der Waals surface area contributed by atoms with Gasteiger partial charge in [0.15, 0.2) is 0 Å². The van der Waals surface area contributed by atoms with E-state index < -0.39 is 0 Å². The maximum absolute atomic E-state index is 11.8. The van der Waals surface area contributed by atoms with Gasteiger partial charge in [-0.05, 0) is 36.6 Å². The fourth-order valence-corrected chi connectivity index (χ4v) is 2.77. The molecule has 2 amide bonds. The number of amides is 2. The molecule has 3 heterocycles. The minimum atomic E-state index is -0.127. The largest absolute Gasteiger partial charge is 0.352 e. The molecule has 0 saturated carbocycles. The fraction of sp³-hybridized carbons (Fsp3) is 0.353. The average molecular weight is 312 g/mol. The highest BCUT2D eigenvalue weighted by Gasteiger charge is 2.18. The quantitative estimate of drug-likeness (QED) is 0.629. The standard InChI is InChI=1S/C17H20N4O2/c22-15(18-8-2-12-21-11-1-3-16(21)23)5-4-13-6-9-19-17-14(13)7-10-20-17/h4-7,9-10H,1-3,8,11-12H2,(H,18,22)(H,19,20). The number of nitrogens with one attached hydrogen (secondary N) is 2. The van der Waals surface area contributed by atoms with Gasteiger partial charge in [-0.15, -0.1) is 0 Å². The Balaban J connectivity index is 1.45. The molecule has 0 aliphatic carbocycles. The molecule has 2 N–H and O–H groups in total. The van der Waals surface area contributed by atoms with Crippen LogP contribution in [0.4, 0.5) is 0 Å². The zero-order chi connectivity index (χ0) is 16.1. The van der Waals surface area contributed by atoms with Crippen molar-refractivity contribution in [1.29, 1.82) is 0 Å². The van der Waals surface area contributed by atoms with Crippen molar-refractivity contribution in [2.45, 2.75) is 19.3 Å². The van der Waals surface area contributed by atoms with Crippen molar-refractivity contribution in [3.8, 4) is 0 Å². The second-order valence-corrected chi connectivity index (χ2v) is 5.60. The van der Waals surface area contributed by atoms with Gasteiger partial charge < -0.3 is 15.2 Å². The van der Waals surface area contributed by atoms with Crippen LogP contribution in [0.1, 0.15) is 24.8 Å². The zero-order valence-electron chi connectivity index (χ0n) is 12.9. The molecule has 0 aromatic carbocycles. The number of pyridine rings is 1. The first-order valence-corrected chi connectivity index (χ1v) is 7.90. The van der Waals surface area contributed by atoms with Crippen LogP contribution >= 0.6 is 0 Å². The Hall–Kier alpha value is -2.63. The number of aromatic nitrogens is 2. The van der Waals surface area contributed by atoms with Crippen LogP contribution in [-0.4, -0.2) is 46.3 Å². The molecule has 1 saturated heterocycles. The summed E-state index contributed by atoms with van der Waals surface area (Å²) in [5.74, 6) is 0.0997. The molecule has 1 aliphatic rings. The predicted octanol–water partition coefficient (Wildman–Crippen LogP) is 1.70. The Kier molecular flexibility index (Phi) is 4.71. The topological polar surface area (TPSA) is 78.1 Å². The molecule has 0 radical (unpaired) electrons. The number of hydrogen-bond donors (Lipinski definition) is 2. The molecule has 23 heavy (non-hydrogen) atoms. The number of aromatic amines is 1. The molecular formula is C17H20N4O2. The van der Waals surface area contributed by atoms with Crippen molar-refractivity contribution in [3.63, 3.8) is 0 Å². The normalized spacial score (nSPS) is 15.0. The van der Waals surface area contributed by atoms with Gasteiger partial charge in [0.2, 0.25) is 11.8 Å². The number of carbonyl (C=O) groups excluding carboxylic acids is 2. The van der Waals surface area contributed by atoms with E-state index in [9.17, 15) is 9.59 Å². The SMILES string of the molecule is O=C(C=Cc1ccnc2[nH]ccc12)NCCCN1CCCC1=O. The van der Waals surface area contributed by atoms with Crippen LogP contribution in [0.3, 0.4) is 0 Å². The molecule has 120 valence electrons. The number of H-pyrrole nitrogens is 1. The van der Waals surface area contributed by atoms with Gasteiger partial charge in [0, 0.05) is 49.9 Å². The van der Waals surface area contributed by atoms with E-state index in [-0.39, 0.29) is 11.8 Å². The summed E-state index contributed by atoms with van der Waals surface area (Å²) in [6.45, 7) is 2.14. The molecule has 0 spiro atoms. The lowest BCUT2D eigenvalue weighted by molar-refractivity contribution is -0.127. The van der Waals surface area contributed by atoms with Gasteiger partial charge in [-0.3, -0.25) is 9.59 Å². The second-order valence-electron chi connectivity index (χ2n) is 5.60. The van der Waals surface area contributed by atoms with Crippen LogP contribution in [0.2, 0.25) is 0 Å². The molecule has 1 aliphatic heterocycles. The van der Waals surface area contributed by atoms with Crippen molar-refractivity contribution in [3.05, 3.63) is 36.2 Å². The summed E-state index contributed by atoms with van der Waals surface area (Å²) >= 11 is 0. The highest BCUT2D eigenvalue weighted by molar-refractivity contribution is 5.95. The van der Waals surface area contributed by atoms with Crippen LogP contribution in [0.25, 0.3) is 17.1 Å². The van der Waals surface area contributed by atoms with Gasteiger partial charge in [-0.25, -0.2) is 4.98 Å². The number of rotatable bonds is 6. The fourth-order valence-electron chi connectivity index (χ4n) is 2.77. The van der Waals surface area contributed by atoms with Crippen molar-refractivity contribution in [2.75, 3.05) is 19.6 Å². The Morgan fingerprint density at radius 3 is 3.17 bits per heavy atom. The zero-order valence-corrected chi connectivity index (χ0v) is 12.9. The van der Waals surface area contributed by atoms with Crippen molar-refractivity contribution < 1.29 is 9.59 Å². The van der Waals surface area contributed by atoms with E-state index in [4.69, 9.17) is 0 Å². The minimum absolute atomic E-state index is 0.127. The molecule has 2 aromatic heterocycles. The monoisotopic (exact) mass is 312 g/mol. The lowest BCUT2D eigenvalue weighted by atomic mass is 10.2. The first-order valence-electron chi connectivity index (χ1n) is 7.90. The van der Waals surface area contributed by atoms with Crippen LogP contribution in [0, 0.1) is 0 Å². The number of fused-ring (bicyclic) bond motifs is 1. The summed E-state index contributed by atoms with van der Waals surface area (Å²) in [4.78, 5) is 32.4. The average Bonchev–Trinajstić information content (AvgIpc) is 3.18. The van der Waals surface area contributed by atoms with Crippen LogP contribution in [-0.2, 0) is 9.59 Å². The molecule has 0 unspecified atom stereocenters. The summed E-state index contributed by atoms with van der Waals surface area (Å²) in [6.07, 6.45) is 9.25. The van der Waals surface area contributed by atoms with Crippen molar-refractivity contribution in [2.24, 2.45) is 0 Å². The highest BCUT2D eigenvalue weighted by atomic mass is 16.2. The highest BCUT2D eigenvalue weighted by Crippen LogP contribution is 2.16. The second kappa shape index (κ2) is 7.09. The minimum Gasteiger partial charge on any atom is -0.352 e. The van der Waals surface area contributed by atoms with E-state index in [0.29, 0.717) is 13.0 Å². The summed E-state index contributed by atoms with van der Waals surface area (Å²) in [6, 6.07) is 3.81. The summed E-state index contributed by atoms with van der Waals surface area (Å²) in [5.41, 5.74) is 1.76. The van der Waals surface area contributed by atoms with Crippen molar-refractivity contribution >= 4 is 28.9 Å². The van der Waals surface area contributed by atoms with Gasteiger partial charge >= 0.3 is 0 Å². The molecule has 1 fully saturated rings. The molecule has 3 rings (SSSR count). The van der Waals surface area contributed by atoms with Gasteiger partial charge in [-0.2, -0.15) is 0 Å². The van der Waals surface area contributed by atoms with E-state index in [1.807, 2.05) is 23.2 Å². The Bertz CT molecular complexity index is 735. The number of hydrogen-bond acceptors (Lipinski definition) is 3. The summed E-state index contributed by atoms with van der Waals surface area (Å²) in [7, 11) is 0. The Morgan fingerprint density at radius 1 is 1.43 bits per heavy atom. The van der Waals surface area contributed by atoms with Gasteiger partial charge in [0.25, 0.3) is 0 Å². The van der Waals surface area contributed by atoms with E-state index in [0.717, 1.165) is 42.5 Å². The Morgan fingerprint density at radius 2 is 2.35 bits per heavy atom. The maximum Gasteiger partial charge on any atom is 0.244 e. The molecule has 6 nitrogen and oxygen atoms in total. The smallest absolute Gasteiger partial charge is 0.244 e. The third kappa shape index (κ3) is 3.77. The first-order chi connectivity index (χ1) is 11.2. The van der Waals surface area contributed by atoms with E-state index in [1.54, 1.807) is 12.3 Å². The molecule has 0 bridgehead atoms. The van der Waals surface area contributed by atoms with Crippen LogP contribution < -0.4 is 5.32 Å². The van der Waals surface area contributed by atoms with Gasteiger partial charge in [0.05, 0.1) is 0 Å². The maximum atomic E-state index is 11.8. The number of likely N-dealkylation sites (tertiary alicyclic amines) is 1. The summed E-state index contributed by atoms with van der Waals surface area (Å²) < 4.78 is 0. The van der Waals surface area contributed by atoms with Gasteiger partial charge in [0.1, 0.15) is 5.65 Å². The van der Waals surface area contributed by atoms with Gasteiger partial charge in [-0.1, -0.05) is 0 Å². The number of nitrogens with zero attached hydrogens (tertiary/aromatic N) is 2. The Labute approximate surface area is 134 Å². The lowest BCUT2D eigenvalue weighted by Crippen LogP contribution is -2.29. The third-order valence-corrected chi connectivity index (χ3v) is 3.98. The number of carbonyl (C=O) groups is 2. The molecule has 2 aromatic rings. The van der Waals surface area contributed by atoms with Crippen LogP contribution in [0.5, 0.6) is 0 Å². The predicted molar refractivity (Wildman–Crippen MR) is 88.6 cm³/mol. The third-order valence-electron chi connectivity index (χ3n) is 3.98. The van der Waals surface area contributed by atoms with E-state index in [1.165, 1.54) is 6.08 Å². The summed E-state index contributed by atoms with van der Waals surface area (Å²) in [5, 5.41) is 3.84. The molecule has 6 heteroatoms. The molecular weight excluding hydrogens is 292 g/mol. The molecule has 0 atom stereocenters. The lowest BCUT2D eigenvalue weighted by Gasteiger charge is -2.14. The van der Waals surface area contributed by atoms with Crippen molar-refractivity contribution in [1.82, 2.24) is 20.2 Å². The first kappa shape index (κ1) is 15.3.